The monoisotopic (exact) mass is 413 g/mol. The van der Waals surface area contributed by atoms with Crippen LogP contribution in [0, 0.1) is 12.8 Å². The van der Waals surface area contributed by atoms with Gasteiger partial charge in [-0.2, -0.15) is 5.10 Å². The van der Waals surface area contributed by atoms with Gasteiger partial charge in [0, 0.05) is 11.6 Å². The maximum absolute atomic E-state index is 12.3. The average molecular weight is 414 g/mol. The molecule has 0 spiro atoms. The summed E-state index contributed by atoms with van der Waals surface area (Å²) < 4.78 is 11.8. The number of hydrogen-bond donors (Lipinski definition) is 1. The maximum Gasteiger partial charge on any atom is 0.343 e. The Bertz CT molecular complexity index is 849. The molecule has 7 nitrogen and oxygen atoms in total. The zero-order chi connectivity index (χ0) is 20.1. The highest BCUT2D eigenvalue weighted by Crippen LogP contribution is 2.27. The number of aromatic nitrogens is 2. The predicted molar refractivity (Wildman–Crippen MR) is 104 cm³/mol. The van der Waals surface area contributed by atoms with Crippen molar-refractivity contribution in [2.45, 2.75) is 27.3 Å². The Labute approximate surface area is 167 Å². The van der Waals surface area contributed by atoms with Gasteiger partial charge in [0.15, 0.2) is 6.61 Å². The van der Waals surface area contributed by atoms with Gasteiger partial charge in [-0.1, -0.05) is 37.0 Å². The molecule has 146 valence electrons. The number of aryl methyl sites for hydroxylation is 1. The topological polar surface area (TPSA) is 82.4 Å². The largest absolute Gasteiger partial charge is 0.495 e. The first-order chi connectivity index (χ1) is 12.7. The second kappa shape index (κ2) is 9.10. The molecule has 9 heteroatoms. The van der Waals surface area contributed by atoms with E-state index in [4.69, 9.17) is 32.7 Å². The van der Waals surface area contributed by atoms with Crippen molar-refractivity contribution in [3.63, 3.8) is 0 Å². The van der Waals surface area contributed by atoms with Crippen LogP contribution in [0.25, 0.3) is 0 Å². The van der Waals surface area contributed by atoms with Gasteiger partial charge >= 0.3 is 5.97 Å². The van der Waals surface area contributed by atoms with Crippen molar-refractivity contribution < 1.29 is 19.1 Å². The van der Waals surface area contributed by atoms with Crippen molar-refractivity contribution in [3.8, 4) is 5.75 Å². The minimum atomic E-state index is -0.708. The highest BCUT2D eigenvalue weighted by atomic mass is 35.5. The number of ether oxygens (including phenoxy) is 2. The molecule has 0 saturated carbocycles. The molecule has 0 radical (unpaired) electrons. The Morgan fingerprint density at radius 2 is 2.00 bits per heavy atom. The molecule has 1 aromatic carbocycles. The second-order valence-corrected chi connectivity index (χ2v) is 7.09. The zero-order valence-electron chi connectivity index (χ0n) is 15.5. The fourth-order valence-corrected chi connectivity index (χ4v) is 2.91. The third kappa shape index (κ3) is 5.37. The van der Waals surface area contributed by atoms with Crippen LogP contribution in [0.5, 0.6) is 5.75 Å². The van der Waals surface area contributed by atoms with E-state index in [2.05, 4.69) is 10.4 Å². The number of methoxy groups -OCH3 is 1. The van der Waals surface area contributed by atoms with E-state index in [1.807, 2.05) is 13.8 Å². The number of hydrogen-bond acceptors (Lipinski definition) is 5. The molecule has 27 heavy (non-hydrogen) atoms. The Kier molecular flexibility index (Phi) is 7.10. The summed E-state index contributed by atoms with van der Waals surface area (Å²) in [4.78, 5) is 24.4. The van der Waals surface area contributed by atoms with Gasteiger partial charge in [0.2, 0.25) is 0 Å². The number of rotatable bonds is 7. The minimum absolute atomic E-state index is 0.158. The number of nitrogens with one attached hydrogen (secondary N) is 1. The van der Waals surface area contributed by atoms with Crippen LogP contribution in [-0.2, 0) is 16.1 Å². The van der Waals surface area contributed by atoms with Crippen LogP contribution in [0.1, 0.15) is 29.9 Å². The second-order valence-electron chi connectivity index (χ2n) is 6.30. The van der Waals surface area contributed by atoms with Crippen molar-refractivity contribution >= 4 is 40.8 Å². The summed E-state index contributed by atoms with van der Waals surface area (Å²) in [6.07, 6.45) is 0. The van der Waals surface area contributed by atoms with E-state index < -0.39 is 18.5 Å². The van der Waals surface area contributed by atoms with Gasteiger partial charge in [0.1, 0.15) is 16.5 Å². The normalized spacial score (nSPS) is 10.8. The summed E-state index contributed by atoms with van der Waals surface area (Å²) in [5, 5.41) is 7.47. The van der Waals surface area contributed by atoms with Crippen LogP contribution in [0.3, 0.4) is 0 Å². The molecule has 0 atom stereocenters. The van der Waals surface area contributed by atoms with Crippen LogP contribution < -0.4 is 10.1 Å². The molecule has 2 rings (SSSR count). The fraction of sp³-hybridized carbons (Fsp3) is 0.389. The third-order valence-electron chi connectivity index (χ3n) is 3.58. The van der Waals surface area contributed by atoms with Crippen LogP contribution in [0.15, 0.2) is 18.2 Å². The molecule has 0 saturated heterocycles. The number of carbonyl (C=O) groups is 2. The minimum Gasteiger partial charge on any atom is -0.495 e. The van der Waals surface area contributed by atoms with Crippen molar-refractivity contribution in [3.05, 3.63) is 39.6 Å². The quantitative estimate of drug-likeness (QED) is 0.694. The molecule has 0 unspecified atom stereocenters. The van der Waals surface area contributed by atoms with E-state index in [1.165, 1.54) is 13.2 Å². The third-order valence-corrected chi connectivity index (χ3v) is 4.20. The van der Waals surface area contributed by atoms with E-state index in [9.17, 15) is 9.59 Å². The lowest BCUT2D eigenvalue weighted by Gasteiger charge is -2.11. The summed E-state index contributed by atoms with van der Waals surface area (Å²) in [7, 11) is 1.47. The summed E-state index contributed by atoms with van der Waals surface area (Å²) >= 11 is 12.2. The number of halogens is 2. The average Bonchev–Trinajstić information content (AvgIpc) is 2.86. The Hall–Kier alpha value is -2.25. The van der Waals surface area contributed by atoms with E-state index in [0.29, 0.717) is 34.6 Å². The van der Waals surface area contributed by atoms with Crippen molar-refractivity contribution in [2.24, 2.45) is 5.92 Å². The van der Waals surface area contributed by atoms with Gasteiger partial charge < -0.3 is 14.8 Å². The molecule has 0 bridgehead atoms. The lowest BCUT2D eigenvalue weighted by Crippen LogP contribution is -2.21. The fourth-order valence-electron chi connectivity index (χ4n) is 2.42. The van der Waals surface area contributed by atoms with E-state index in [-0.39, 0.29) is 10.7 Å². The Morgan fingerprint density at radius 3 is 2.63 bits per heavy atom. The smallest absolute Gasteiger partial charge is 0.343 e. The van der Waals surface area contributed by atoms with Gasteiger partial charge in [0.05, 0.1) is 18.5 Å². The molecule has 1 heterocycles. The van der Waals surface area contributed by atoms with E-state index in [1.54, 1.807) is 23.7 Å². The van der Waals surface area contributed by atoms with Crippen LogP contribution in [-0.4, -0.2) is 35.4 Å². The van der Waals surface area contributed by atoms with E-state index >= 15 is 0 Å². The van der Waals surface area contributed by atoms with Crippen molar-refractivity contribution in [2.75, 3.05) is 19.0 Å². The zero-order valence-corrected chi connectivity index (χ0v) is 17.0. The molecule has 0 aliphatic rings. The summed E-state index contributed by atoms with van der Waals surface area (Å²) in [6, 6.07) is 4.79. The Balaban J connectivity index is 2.03. The first-order valence-corrected chi connectivity index (χ1v) is 9.02. The molecular formula is C18H21Cl2N3O4. The van der Waals surface area contributed by atoms with Crippen LogP contribution in [0.4, 0.5) is 5.69 Å². The highest BCUT2D eigenvalue weighted by molar-refractivity contribution is 6.32. The SMILES string of the molecule is COc1ccc(Cl)cc1NC(=O)COC(=O)c1c(C)nn(CC(C)C)c1Cl. The van der Waals surface area contributed by atoms with E-state index in [0.717, 1.165) is 0 Å². The standard InChI is InChI=1S/C18H21Cl2N3O4/c1-10(2)8-23-17(20)16(11(3)22-23)18(25)27-9-15(24)21-13-7-12(19)5-6-14(13)26-4/h5-7,10H,8-9H2,1-4H3,(H,21,24). The first kappa shape index (κ1) is 21.1. The summed E-state index contributed by atoms with van der Waals surface area (Å²) in [6.45, 7) is 5.78. The molecule has 1 aromatic heterocycles. The summed E-state index contributed by atoms with van der Waals surface area (Å²) in [5.74, 6) is -0.495. The van der Waals surface area contributed by atoms with Gasteiger partial charge in [-0.3, -0.25) is 9.48 Å². The highest BCUT2D eigenvalue weighted by Gasteiger charge is 2.23. The van der Waals surface area contributed by atoms with Gasteiger partial charge in [-0.15, -0.1) is 0 Å². The Morgan fingerprint density at radius 1 is 1.30 bits per heavy atom. The van der Waals surface area contributed by atoms with Gasteiger partial charge in [0.25, 0.3) is 5.91 Å². The number of anilines is 1. The van der Waals surface area contributed by atoms with Gasteiger partial charge in [-0.05, 0) is 31.0 Å². The predicted octanol–water partition coefficient (Wildman–Crippen LogP) is 3.96. The molecular weight excluding hydrogens is 393 g/mol. The van der Waals surface area contributed by atoms with Crippen LogP contribution >= 0.6 is 23.2 Å². The molecule has 1 N–H and O–H groups in total. The molecule has 0 aliphatic carbocycles. The van der Waals surface area contributed by atoms with Crippen LogP contribution in [0.2, 0.25) is 10.2 Å². The number of amides is 1. The maximum atomic E-state index is 12.3. The number of esters is 1. The number of benzene rings is 1. The molecule has 0 fully saturated rings. The molecule has 0 aliphatic heterocycles. The lowest BCUT2D eigenvalue weighted by atomic mass is 10.2. The van der Waals surface area contributed by atoms with Crippen molar-refractivity contribution in [1.82, 2.24) is 9.78 Å². The summed E-state index contributed by atoms with van der Waals surface area (Å²) in [5.41, 5.74) is 0.984. The molecule has 2 aromatic rings. The number of carbonyl (C=O) groups excluding carboxylic acids is 2. The van der Waals surface area contributed by atoms with Gasteiger partial charge in [-0.25, -0.2) is 4.79 Å². The lowest BCUT2D eigenvalue weighted by molar-refractivity contribution is -0.119. The first-order valence-electron chi connectivity index (χ1n) is 8.26. The molecule has 1 amide bonds. The van der Waals surface area contributed by atoms with Crippen molar-refractivity contribution in [1.29, 1.82) is 0 Å². The number of nitrogens with zero attached hydrogens (tertiary/aromatic N) is 2.